The van der Waals surface area contributed by atoms with Gasteiger partial charge in [0, 0.05) is 6.54 Å². The molecule has 17 heavy (non-hydrogen) atoms. The number of aromatic nitrogens is 1. The number of hydrogen-bond donors (Lipinski definition) is 2. The van der Waals surface area contributed by atoms with Crippen molar-refractivity contribution < 1.29 is 4.79 Å². The summed E-state index contributed by atoms with van der Waals surface area (Å²) in [6, 6.07) is 3.73. The smallest absolute Gasteiger partial charge is 0.231 e. The van der Waals surface area contributed by atoms with Gasteiger partial charge in [-0.05, 0) is 55.1 Å². The van der Waals surface area contributed by atoms with Gasteiger partial charge in [0.2, 0.25) is 5.91 Å². The van der Waals surface area contributed by atoms with Gasteiger partial charge in [-0.15, -0.1) is 0 Å². The Morgan fingerprint density at radius 3 is 2.71 bits per heavy atom. The molecule has 1 amide bonds. The molecule has 0 aliphatic heterocycles. The normalized spacial score (nSPS) is 11.3. The van der Waals surface area contributed by atoms with E-state index in [1.807, 2.05) is 32.9 Å². The maximum absolute atomic E-state index is 12.0. The molecule has 0 radical (unpaired) electrons. The molecular formula is C12H18IN3O. The second-order valence-corrected chi connectivity index (χ2v) is 5.59. The van der Waals surface area contributed by atoms with E-state index in [1.165, 1.54) is 0 Å². The fourth-order valence-electron chi connectivity index (χ4n) is 1.27. The highest BCUT2D eigenvalue weighted by molar-refractivity contribution is 14.1. The monoisotopic (exact) mass is 347 g/mol. The van der Waals surface area contributed by atoms with Gasteiger partial charge in [-0.1, -0.05) is 6.92 Å². The van der Waals surface area contributed by atoms with Crippen molar-refractivity contribution in [1.29, 1.82) is 0 Å². The molecule has 0 unspecified atom stereocenters. The van der Waals surface area contributed by atoms with Crippen LogP contribution in [0, 0.1) is 9.12 Å². The lowest BCUT2D eigenvalue weighted by molar-refractivity contribution is -0.123. The van der Waals surface area contributed by atoms with Crippen LogP contribution in [0.15, 0.2) is 18.3 Å². The zero-order valence-corrected chi connectivity index (χ0v) is 12.5. The van der Waals surface area contributed by atoms with Gasteiger partial charge < -0.3 is 10.6 Å². The van der Waals surface area contributed by atoms with Crippen LogP contribution in [0.4, 0.5) is 5.69 Å². The van der Waals surface area contributed by atoms with Crippen LogP contribution >= 0.6 is 22.6 Å². The maximum atomic E-state index is 12.0. The van der Waals surface area contributed by atoms with E-state index < -0.39 is 5.41 Å². The van der Waals surface area contributed by atoms with Crippen LogP contribution in [0.5, 0.6) is 0 Å². The van der Waals surface area contributed by atoms with Gasteiger partial charge in [0.1, 0.15) is 3.70 Å². The molecule has 94 valence electrons. The van der Waals surface area contributed by atoms with Crippen molar-refractivity contribution >= 4 is 34.2 Å². The van der Waals surface area contributed by atoms with E-state index in [-0.39, 0.29) is 5.91 Å². The fraction of sp³-hybridized carbons (Fsp3) is 0.500. The van der Waals surface area contributed by atoms with Gasteiger partial charge in [-0.3, -0.25) is 4.79 Å². The molecule has 0 aliphatic rings. The standard InChI is InChI=1S/C12H18IN3O/c1-4-14-8-12(2,3)11(17)16-9-5-6-10(13)15-7-9/h5-7,14H,4,8H2,1-3H3,(H,16,17). The summed E-state index contributed by atoms with van der Waals surface area (Å²) in [7, 11) is 0. The van der Waals surface area contributed by atoms with Crippen molar-refractivity contribution in [2.24, 2.45) is 5.41 Å². The molecule has 1 aromatic rings. The number of nitrogens with zero attached hydrogens (tertiary/aromatic N) is 1. The number of pyridine rings is 1. The van der Waals surface area contributed by atoms with E-state index in [0.717, 1.165) is 15.9 Å². The Labute approximate surface area is 116 Å². The quantitative estimate of drug-likeness (QED) is 0.635. The first kappa shape index (κ1) is 14.4. The average molecular weight is 347 g/mol. The molecule has 0 spiro atoms. The van der Waals surface area contributed by atoms with Crippen molar-refractivity contribution in [3.63, 3.8) is 0 Å². The topological polar surface area (TPSA) is 54.0 Å². The number of halogens is 1. The van der Waals surface area contributed by atoms with Crippen LogP contribution in [-0.2, 0) is 4.79 Å². The van der Waals surface area contributed by atoms with Crippen molar-refractivity contribution in [2.45, 2.75) is 20.8 Å². The van der Waals surface area contributed by atoms with Crippen LogP contribution in [0.2, 0.25) is 0 Å². The molecule has 0 bridgehead atoms. The molecule has 5 heteroatoms. The Kier molecular flexibility index (Phi) is 5.32. The van der Waals surface area contributed by atoms with Crippen molar-refractivity contribution in [2.75, 3.05) is 18.4 Å². The van der Waals surface area contributed by atoms with E-state index in [0.29, 0.717) is 6.54 Å². The first-order chi connectivity index (χ1) is 7.95. The van der Waals surface area contributed by atoms with Crippen molar-refractivity contribution in [3.05, 3.63) is 22.0 Å². The number of carbonyl (C=O) groups excluding carboxylic acids is 1. The summed E-state index contributed by atoms with van der Waals surface area (Å²) in [5, 5.41) is 6.06. The molecule has 1 heterocycles. The molecule has 2 N–H and O–H groups in total. The number of carbonyl (C=O) groups is 1. The first-order valence-electron chi connectivity index (χ1n) is 5.59. The Bertz CT molecular complexity index is 376. The molecule has 0 atom stereocenters. The summed E-state index contributed by atoms with van der Waals surface area (Å²) >= 11 is 2.13. The summed E-state index contributed by atoms with van der Waals surface area (Å²) in [4.78, 5) is 16.2. The Hall–Kier alpha value is -0.690. The molecule has 0 aliphatic carbocycles. The Morgan fingerprint density at radius 1 is 1.47 bits per heavy atom. The molecule has 1 rings (SSSR count). The first-order valence-corrected chi connectivity index (χ1v) is 6.67. The zero-order valence-electron chi connectivity index (χ0n) is 10.4. The van der Waals surface area contributed by atoms with Gasteiger partial charge in [-0.2, -0.15) is 0 Å². The van der Waals surface area contributed by atoms with E-state index in [1.54, 1.807) is 6.20 Å². The van der Waals surface area contributed by atoms with Gasteiger partial charge in [-0.25, -0.2) is 4.98 Å². The Balaban J connectivity index is 2.62. The number of rotatable bonds is 5. The van der Waals surface area contributed by atoms with Crippen LogP contribution in [0.1, 0.15) is 20.8 Å². The molecule has 0 fully saturated rings. The molecule has 0 saturated carbocycles. The number of hydrogen-bond acceptors (Lipinski definition) is 3. The lowest BCUT2D eigenvalue weighted by atomic mass is 9.92. The Morgan fingerprint density at radius 2 is 2.18 bits per heavy atom. The second kappa shape index (κ2) is 6.30. The summed E-state index contributed by atoms with van der Waals surface area (Å²) in [5.74, 6) is 0.00135. The minimum absolute atomic E-state index is 0.00135. The summed E-state index contributed by atoms with van der Waals surface area (Å²) in [6.07, 6.45) is 1.67. The van der Waals surface area contributed by atoms with Crippen LogP contribution in [0.3, 0.4) is 0 Å². The largest absolute Gasteiger partial charge is 0.324 e. The van der Waals surface area contributed by atoms with Crippen LogP contribution < -0.4 is 10.6 Å². The molecular weight excluding hydrogens is 329 g/mol. The highest BCUT2D eigenvalue weighted by atomic mass is 127. The van der Waals surface area contributed by atoms with Crippen LogP contribution in [0.25, 0.3) is 0 Å². The van der Waals surface area contributed by atoms with Crippen molar-refractivity contribution in [3.8, 4) is 0 Å². The third-order valence-corrected chi connectivity index (χ3v) is 3.05. The zero-order chi connectivity index (χ0) is 12.9. The summed E-state index contributed by atoms with van der Waals surface area (Å²) in [5.41, 5.74) is 0.305. The maximum Gasteiger partial charge on any atom is 0.231 e. The number of amides is 1. The highest BCUT2D eigenvalue weighted by Gasteiger charge is 2.26. The summed E-state index contributed by atoms with van der Waals surface area (Å²) in [6.45, 7) is 7.39. The lowest BCUT2D eigenvalue weighted by Gasteiger charge is -2.23. The molecule has 0 aromatic carbocycles. The minimum atomic E-state index is -0.432. The van der Waals surface area contributed by atoms with E-state index in [9.17, 15) is 4.79 Å². The van der Waals surface area contributed by atoms with Gasteiger partial charge in [0.25, 0.3) is 0 Å². The van der Waals surface area contributed by atoms with E-state index >= 15 is 0 Å². The van der Waals surface area contributed by atoms with Crippen molar-refractivity contribution in [1.82, 2.24) is 10.3 Å². The van der Waals surface area contributed by atoms with Gasteiger partial charge in [0.05, 0.1) is 17.3 Å². The highest BCUT2D eigenvalue weighted by Crippen LogP contribution is 2.17. The third kappa shape index (κ3) is 4.59. The number of nitrogens with one attached hydrogen (secondary N) is 2. The van der Waals surface area contributed by atoms with E-state index in [2.05, 4.69) is 38.2 Å². The van der Waals surface area contributed by atoms with Gasteiger partial charge in [0.15, 0.2) is 0 Å². The average Bonchev–Trinajstić information content (AvgIpc) is 2.29. The van der Waals surface area contributed by atoms with E-state index in [4.69, 9.17) is 0 Å². The predicted molar refractivity (Wildman–Crippen MR) is 77.9 cm³/mol. The minimum Gasteiger partial charge on any atom is -0.324 e. The van der Waals surface area contributed by atoms with Gasteiger partial charge >= 0.3 is 0 Å². The lowest BCUT2D eigenvalue weighted by Crippen LogP contribution is -2.39. The third-order valence-electron chi connectivity index (χ3n) is 2.42. The molecule has 1 aromatic heterocycles. The molecule has 0 saturated heterocycles. The summed E-state index contributed by atoms with van der Waals surface area (Å²) < 4.78 is 0.910. The second-order valence-electron chi connectivity index (χ2n) is 4.49. The number of anilines is 1. The van der Waals surface area contributed by atoms with Crippen LogP contribution in [-0.4, -0.2) is 24.0 Å². The predicted octanol–water partition coefficient (Wildman–Crippen LogP) is 2.26. The molecule has 4 nitrogen and oxygen atoms in total. The SMILES string of the molecule is CCNCC(C)(C)C(=O)Nc1ccc(I)nc1. The fourth-order valence-corrected chi connectivity index (χ4v) is 1.59.